The Labute approximate surface area is 143 Å². The van der Waals surface area contributed by atoms with Gasteiger partial charge in [-0.1, -0.05) is 43.2 Å². The Morgan fingerprint density at radius 3 is 2.12 bits per heavy atom. The second-order valence-electron chi connectivity index (χ2n) is 5.96. The van der Waals surface area contributed by atoms with Crippen molar-refractivity contribution in [2.24, 2.45) is 0 Å². The van der Waals surface area contributed by atoms with Gasteiger partial charge in [0.05, 0.1) is 0 Å². The summed E-state index contributed by atoms with van der Waals surface area (Å²) in [5, 5.41) is 0. The Morgan fingerprint density at radius 1 is 0.833 bits per heavy atom. The lowest BCUT2D eigenvalue weighted by molar-refractivity contribution is 0.306. The topological polar surface area (TPSA) is 35.0 Å². The molecule has 24 heavy (non-hydrogen) atoms. The Balaban J connectivity index is 1.63. The van der Waals surface area contributed by atoms with Gasteiger partial charge in [0.15, 0.2) is 5.82 Å². The van der Waals surface area contributed by atoms with Gasteiger partial charge in [0, 0.05) is 18.0 Å². The van der Waals surface area contributed by atoms with Crippen molar-refractivity contribution in [3.05, 3.63) is 77.6 Å². The molecule has 3 nitrogen and oxygen atoms in total. The molecule has 0 aliphatic rings. The smallest absolute Gasteiger partial charge is 0.159 e. The van der Waals surface area contributed by atoms with Crippen molar-refractivity contribution >= 4 is 0 Å². The molecule has 0 N–H and O–H groups in total. The summed E-state index contributed by atoms with van der Waals surface area (Å²) in [5.41, 5.74) is 4.60. The molecule has 0 spiro atoms. The molecule has 1 heterocycles. The molecule has 1 aromatic heterocycles. The van der Waals surface area contributed by atoms with Crippen LogP contribution < -0.4 is 4.74 Å². The first-order valence-corrected chi connectivity index (χ1v) is 8.34. The lowest BCUT2D eigenvalue weighted by atomic mass is 10.1. The largest absolute Gasteiger partial charge is 0.489 e. The van der Waals surface area contributed by atoms with Gasteiger partial charge in [0.2, 0.25) is 0 Å². The SMILES string of the molecule is CCCc1cnc(-c2ccc(OCc3ccc(C)cc3)cc2)nc1. The summed E-state index contributed by atoms with van der Waals surface area (Å²) in [5.74, 6) is 1.60. The molecule has 3 rings (SSSR count). The van der Waals surface area contributed by atoms with Crippen LogP contribution >= 0.6 is 0 Å². The van der Waals surface area contributed by atoms with Crippen molar-refractivity contribution in [2.75, 3.05) is 0 Å². The van der Waals surface area contributed by atoms with Gasteiger partial charge >= 0.3 is 0 Å². The van der Waals surface area contributed by atoms with Crippen LogP contribution in [0.25, 0.3) is 11.4 Å². The number of benzene rings is 2. The van der Waals surface area contributed by atoms with E-state index in [9.17, 15) is 0 Å². The minimum atomic E-state index is 0.571. The van der Waals surface area contributed by atoms with Crippen LogP contribution in [0.15, 0.2) is 60.9 Å². The molecule has 0 aliphatic heterocycles. The van der Waals surface area contributed by atoms with Crippen LogP contribution in [0.2, 0.25) is 0 Å². The van der Waals surface area contributed by atoms with Crippen LogP contribution in [-0.4, -0.2) is 9.97 Å². The molecular formula is C21H22N2O. The molecule has 0 unspecified atom stereocenters. The standard InChI is InChI=1S/C21H22N2O/c1-3-4-18-13-22-21(23-14-18)19-9-11-20(12-10-19)24-15-17-7-5-16(2)6-8-17/h5-14H,3-4,15H2,1-2H3. The van der Waals surface area contributed by atoms with Gasteiger partial charge in [-0.25, -0.2) is 9.97 Å². The predicted molar refractivity (Wildman–Crippen MR) is 97.0 cm³/mol. The number of aryl methyl sites for hydroxylation is 2. The van der Waals surface area contributed by atoms with Gasteiger partial charge in [-0.2, -0.15) is 0 Å². The molecule has 0 amide bonds. The van der Waals surface area contributed by atoms with E-state index in [1.54, 1.807) is 0 Å². The van der Waals surface area contributed by atoms with Crippen LogP contribution in [-0.2, 0) is 13.0 Å². The highest BCUT2D eigenvalue weighted by atomic mass is 16.5. The fourth-order valence-corrected chi connectivity index (χ4v) is 2.47. The third kappa shape index (κ3) is 4.19. The van der Waals surface area contributed by atoms with Crippen molar-refractivity contribution < 1.29 is 4.74 Å². The molecule has 0 bridgehead atoms. The summed E-state index contributed by atoms with van der Waals surface area (Å²) < 4.78 is 5.83. The average molecular weight is 318 g/mol. The van der Waals surface area contributed by atoms with Gasteiger partial charge in [0.25, 0.3) is 0 Å². The van der Waals surface area contributed by atoms with Crippen LogP contribution in [0, 0.1) is 6.92 Å². The number of aromatic nitrogens is 2. The monoisotopic (exact) mass is 318 g/mol. The minimum absolute atomic E-state index is 0.571. The molecule has 3 aromatic rings. The molecule has 0 aliphatic carbocycles. The van der Waals surface area contributed by atoms with E-state index in [4.69, 9.17) is 4.74 Å². The first-order chi connectivity index (χ1) is 11.7. The zero-order valence-electron chi connectivity index (χ0n) is 14.2. The molecular weight excluding hydrogens is 296 g/mol. The first-order valence-electron chi connectivity index (χ1n) is 8.34. The van der Waals surface area contributed by atoms with E-state index in [2.05, 4.69) is 48.1 Å². The van der Waals surface area contributed by atoms with E-state index in [1.165, 1.54) is 16.7 Å². The molecule has 0 saturated carbocycles. The quantitative estimate of drug-likeness (QED) is 0.642. The zero-order valence-corrected chi connectivity index (χ0v) is 14.2. The number of nitrogens with zero attached hydrogens (tertiary/aromatic N) is 2. The van der Waals surface area contributed by atoms with E-state index < -0.39 is 0 Å². The highest BCUT2D eigenvalue weighted by molar-refractivity contribution is 5.55. The lowest BCUT2D eigenvalue weighted by Crippen LogP contribution is -1.96. The lowest BCUT2D eigenvalue weighted by Gasteiger charge is -2.07. The van der Waals surface area contributed by atoms with E-state index in [0.29, 0.717) is 6.61 Å². The second kappa shape index (κ2) is 7.73. The van der Waals surface area contributed by atoms with Crippen LogP contribution in [0.5, 0.6) is 5.75 Å². The fraction of sp³-hybridized carbons (Fsp3) is 0.238. The fourth-order valence-electron chi connectivity index (χ4n) is 2.47. The maximum atomic E-state index is 5.83. The van der Waals surface area contributed by atoms with Crippen LogP contribution in [0.4, 0.5) is 0 Å². The maximum absolute atomic E-state index is 5.83. The zero-order chi connectivity index (χ0) is 16.8. The van der Waals surface area contributed by atoms with Crippen LogP contribution in [0.3, 0.4) is 0 Å². The molecule has 0 atom stereocenters. The van der Waals surface area contributed by atoms with E-state index in [1.807, 2.05) is 36.7 Å². The molecule has 0 saturated heterocycles. The van der Waals surface area contributed by atoms with Gasteiger partial charge in [-0.3, -0.25) is 0 Å². The third-order valence-corrected chi connectivity index (χ3v) is 3.88. The van der Waals surface area contributed by atoms with Gasteiger partial charge in [0.1, 0.15) is 12.4 Å². The molecule has 3 heteroatoms. The molecule has 2 aromatic carbocycles. The minimum Gasteiger partial charge on any atom is -0.489 e. The normalized spacial score (nSPS) is 10.6. The Bertz CT molecular complexity index is 762. The van der Waals surface area contributed by atoms with Crippen molar-refractivity contribution in [3.8, 4) is 17.1 Å². The predicted octanol–water partition coefficient (Wildman–Crippen LogP) is 4.98. The van der Waals surface area contributed by atoms with E-state index in [-0.39, 0.29) is 0 Å². The first kappa shape index (κ1) is 16.2. The van der Waals surface area contributed by atoms with Crippen LogP contribution in [0.1, 0.15) is 30.0 Å². The van der Waals surface area contributed by atoms with E-state index >= 15 is 0 Å². The summed E-state index contributed by atoms with van der Waals surface area (Å²) in [7, 11) is 0. The maximum Gasteiger partial charge on any atom is 0.159 e. The summed E-state index contributed by atoms with van der Waals surface area (Å²) >= 11 is 0. The highest BCUT2D eigenvalue weighted by Gasteiger charge is 2.03. The van der Waals surface area contributed by atoms with Gasteiger partial charge in [-0.05, 0) is 48.7 Å². The van der Waals surface area contributed by atoms with Gasteiger partial charge in [-0.15, -0.1) is 0 Å². The number of rotatable bonds is 6. The summed E-state index contributed by atoms with van der Waals surface area (Å²) in [6, 6.07) is 16.3. The van der Waals surface area contributed by atoms with E-state index in [0.717, 1.165) is 30.0 Å². The second-order valence-corrected chi connectivity index (χ2v) is 5.96. The highest BCUT2D eigenvalue weighted by Crippen LogP contribution is 2.20. The molecule has 0 radical (unpaired) electrons. The Morgan fingerprint density at radius 2 is 1.50 bits per heavy atom. The molecule has 0 fully saturated rings. The van der Waals surface area contributed by atoms with Crippen molar-refractivity contribution in [1.29, 1.82) is 0 Å². The van der Waals surface area contributed by atoms with Crippen molar-refractivity contribution in [1.82, 2.24) is 9.97 Å². The Hall–Kier alpha value is -2.68. The molecule has 122 valence electrons. The number of hydrogen-bond donors (Lipinski definition) is 0. The average Bonchev–Trinajstić information content (AvgIpc) is 2.63. The summed E-state index contributed by atoms with van der Waals surface area (Å²) in [4.78, 5) is 8.89. The van der Waals surface area contributed by atoms with Crippen molar-refractivity contribution in [2.45, 2.75) is 33.3 Å². The number of ether oxygens (including phenoxy) is 1. The summed E-state index contributed by atoms with van der Waals surface area (Å²) in [6.07, 6.45) is 5.95. The summed E-state index contributed by atoms with van der Waals surface area (Å²) in [6.45, 7) is 4.81. The van der Waals surface area contributed by atoms with Gasteiger partial charge < -0.3 is 4.74 Å². The Kier molecular flexibility index (Phi) is 5.22. The van der Waals surface area contributed by atoms with Crippen molar-refractivity contribution in [3.63, 3.8) is 0 Å². The third-order valence-electron chi connectivity index (χ3n) is 3.88. The number of hydrogen-bond acceptors (Lipinski definition) is 3.